The lowest BCUT2D eigenvalue weighted by Crippen LogP contribution is -2.09. The SMILES string of the molecule is Cn1cnnc1Cn1c(CC#N)nc2ccccc21. The van der Waals surface area contributed by atoms with Crippen molar-refractivity contribution >= 4 is 11.0 Å². The molecular weight excluding hydrogens is 240 g/mol. The second kappa shape index (κ2) is 4.53. The van der Waals surface area contributed by atoms with Crippen molar-refractivity contribution in [2.45, 2.75) is 13.0 Å². The summed E-state index contributed by atoms with van der Waals surface area (Å²) in [5, 5.41) is 16.9. The van der Waals surface area contributed by atoms with Gasteiger partial charge in [-0.2, -0.15) is 5.26 Å². The smallest absolute Gasteiger partial charge is 0.152 e. The maximum Gasteiger partial charge on any atom is 0.152 e. The summed E-state index contributed by atoms with van der Waals surface area (Å²) in [5.74, 6) is 1.59. The number of nitriles is 1. The molecule has 0 amide bonds. The van der Waals surface area contributed by atoms with Gasteiger partial charge in [0.15, 0.2) is 5.82 Å². The Labute approximate surface area is 109 Å². The minimum atomic E-state index is 0.284. The summed E-state index contributed by atoms with van der Waals surface area (Å²) in [6.45, 7) is 0.564. The van der Waals surface area contributed by atoms with Gasteiger partial charge in [0.1, 0.15) is 12.2 Å². The molecule has 0 aliphatic carbocycles. The highest BCUT2D eigenvalue weighted by Crippen LogP contribution is 2.17. The van der Waals surface area contributed by atoms with Crippen LogP contribution in [-0.4, -0.2) is 24.3 Å². The fourth-order valence-electron chi connectivity index (χ4n) is 2.10. The first-order valence-electron chi connectivity index (χ1n) is 5.93. The van der Waals surface area contributed by atoms with Gasteiger partial charge in [-0.15, -0.1) is 10.2 Å². The van der Waals surface area contributed by atoms with E-state index in [4.69, 9.17) is 5.26 Å². The number of hydrogen-bond donors (Lipinski definition) is 0. The van der Waals surface area contributed by atoms with E-state index in [9.17, 15) is 0 Å². The van der Waals surface area contributed by atoms with E-state index in [0.717, 1.165) is 22.7 Å². The third-order valence-electron chi connectivity index (χ3n) is 3.08. The first kappa shape index (κ1) is 11.4. The average Bonchev–Trinajstić information content (AvgIpc) is 2.96. The second-order valence-electron chi connectivity index (χ2n) is 4.30. The predicted octanol–water partition coefficient (Wildman–Crippen LogP) is 1.28. The topological polar surface area (TPSA) is 72.3 Å². The van der Waals surface area contributed by atoms with Crippen LogP contribution in [0.1, 0.15) is 11.6 Å². The molecule has 6 nitrogen and oxygen atoms in total. The normalized spacial score (nSPS) is 10.7. The van der Waals surface area contributed by atoms with Gasteiger partial charge in [0.05, 0.1) is 30.1 Å². The molecule has 19 heavy (non-hydrogen) atoms. The van der Waals surface area contributed by atoms with E-state index in [-0.39, 0.29) is 6.42 Å². The Morgan fingerprint density at radius 3 is 2.84 bits per heavy atom. The van der Waals surface area contributed by atoms with Crippen molar-refractivity contribution in [3.8, 4) is 6.07 Å². The third kappa shape index (κ3) is 1.95. The van der Waals surface area contributed by atoms with E-state index in [1.165, 1.54) is 0 Å². The van der Waals surface area contributed by atoms with Crippen LogP contribution in [0.4, 0.5) is 0 Å². The minimum absolute atomic E-state index is 0.284. The fourth-order valence-corrected chi connectivity index (χ4v) is 2.10. The largest absolute Gasteiger partial charge is 0.319 e. The molecule has 0 saturated heterocycles. The molecular formula is C13H12N6. The number of nitrogens with zero attached hydrogens (tertiary/aromatic N) is 6. The summed E-state index contributed by atoms with van der Waals surface area (Å²) in [6, 6.07) is 10.0. The zero-order valence-corrected chi connectivity index (χ0v) is 10.5. The van der Waals surface area contributed by atoms with Crippen LogP contribution in [0.5, 0.6) is 0 Å². The predicted molar refractivity (Wildman–Crippen MR) is 69.2 cm³/mol. The first-order valence-corrected chi connectivity index (χ1v) is 5.93. The Kier molecular flexibility index (Phi) is 2.72. The lowest BCUT2D eigenvalue weighted by molar-refractivity contribution is 0.687. The van der Waals surface area contributed by atoms with E-state index in [1.807, 2.05) is 40.4 Å². The number of benzene rings is 1. The molecule has 0 radical (unpaired) electrons. The van der Waals surface area contributed by atoms with Gasteiger partial charge < -0.3 is 9.13 Å². The molecule has 0 aliphatic rings. The number of imidazole rings is 1. The molecule has 2 heterocycles. The Hall–Kier alpha value is -2.68. The van der Waals surface area contributed by atoms with E-state index in [2.05, 4.69) is 21.3 Å². The number of hydrogen-bond acceptors (Lipinski definition) is 4. The Morgan fingerprint density at radius 1 is 1.26 bits per heavy atom. The van der Waals surface area contributed by atoms with Crippen molar-refractivity contribution in [3.63, 3.8) is 0 Å². The average molecular weight is 252 g/mol. The van der Waals surface area contributed by atoms with Crippen LogP contribution in [0.3, 0.4) is 0 Å². The molecule has 1 aromatic carbocycles. The van der Waals surface area contributed by atoms with Crippen molar-refractivity contribution in [3.05, 3.63) is 42.2 Å². The van der Waals surface area contributed by atoms with E-state index in [0.29, 0.717) is 6.54 Å². The van der Waals surface area contributed by atoms with Gasteiger partial charge >= 0.3 is 0 Å². The van der Waals surface area contributed by atoms with Crippen molar-refractivity contribution in [2.75, 3.05) is 0 Å². The summed E-state index contributed by atoms with van der Waals surface area (Å²) in [5.41, 5.74) is 1.91. The lowest BCUT2D eigenvalue weighted by atomic mass is 10.3. The van der Waals surface area contributed by atoms with Gasteiger partial charge in [-0.3, -0.25) is 0 Å². The Balaban J connectivity index is 2.12. The maximum atomic E-state index is 8.91. The van der Waals surface area contributed by atoms with Crippen LogP contribution in [0.15, 0.2) is 30.6 Å². The highest BCUT2D eigenvalue weighted by atomic mass is 15.3. The minimum Gasteiger partial charge on any atom is -0.319 e. The molecule has 3 rings (SSSR count). The van der Waals surface area contributed by atoms with Crippen molar-refractivity contribution in [2.24, 2.45) is 7.05 Å². The number of rotatable bonds is 3. The number of aromatic nitrogens is 5. The van der Waals surface area contributed by atoms with Gasteiger partial charge in [-0.1, -0.05) is 12.1 Å². The molecule has 94 valence electrons. The van der Waals surface area contributed by atoms with Crippen molar-refractivity contribution < 1.29 is 0 Å². The number of fused-ring (bicyclic) bond motifs is 1. The molecule has 6 heteroatoms. The number of aryl methyl sites for hydroxylation is 1. The van der Waals surface area contributed by atoms with Gasteiger partial charge in [-0.25, -0.2) is 4.98 Å². The second-order valence-corrected chi connectivity index (χ2v) is 4.30. The van der Waals surface area contributed by atoms with Crippen LogP contribution < -0.4 is 0 Å². The zero-order chi connectivity index (χ0) is 13.2. The standard InChI is InChI=1S/C13H12N6/c1-18-9-15-17-13(18)8-19-11-5-3-2-4-10(11)16-12(19)6-7-14/h2-5,9H,6,8H2,1H3. The summed E-state index contributed by atoms with van der Waals surface area (Å²) in [7, 11) is 1.90. The van der Waals surface area contributed by atoms with Gasteiger partial charge in [0.25, 0.3) is 0 Å². The first-order chi connectivity index (χ1) is 9.29. The fraction of sp³-hybridized carbons (Fsp3) is 0.231. The summed E-state index contributed by atoms with van der Waals surface area (Å²) in [4.78, 5) is 4.50. The van der Waals surface area contributed by atoms with E-state index >= 15 is 0 Å². The van der Waals surface area contributed by atoms with E-state index in [1.54, 1.807) is 6.33 Å². The molecule has 2 aromatic heterocycles. The highest BCUT2D eigenvalue weighted by molar-refractivity contribution is 5.76. The molecule has 0 atom stereocenters. The Bertz CT molecular complexity index is 761. The van der Waals surface area contributed by atoms with Crippen LogP contribution in [-0.2, 0) is 20.0 Å². The Morgan fingerprint density at radius 2 is 2.11 bits per heavy atom. The van der Waals surface area contributed by atoms with Crippen LogP contribution in [0.2, 0.25) is 0 Å². The quantitative estimate of drug-likeness (QED) is 0.704. The lowest BCUT2D eigenvalue weighted by Gasteiger charge is -2.06. The van der Waals surface area contributed by atoms with Crippen LogP contribution >= 0.6 is 0 Å². The van der Waals surface area contributed by atoms with Crippen molar-refractivity contribution in [1.82, 2.24) is 24.3 Å². The zero-order valence-electron chi connectivity index (χ0n) is 10.5. The summed E-state index contributed by atoms with van der Waals surface area (Å²) >= 11 is 0. The third-order valence-corrected chi connectivity index (χ3v) is 3.08. The van der Waals surface area contributed by atoms with Gasteiger partial charge in [0, 0.05) is 7.05 Å². The molecule has 0 N–H and O–H groups in total. The monoisotopic (exact) mass is 252 g/mol. The maximum absolute atomic E-state index is 8.91. The van der Waals surface area contributed by atoms with E-state index < -0.39 is 0 Å². The molecule has 0 spiro atoms. The van der Waals surface area contributed by atoms with Crippen LogP contribution in [0.25, 0.3) is 11.0 Å². The molecule has 0 aliphatic heterocycles. The van der Waals surface area contributed by atoms with Gasteiger partial charge in [-0.05, 0) is 12.1 Å². The number of para-hydroxylation sites is 2. The van der Waals surface area contributed by atoms with Crippen LogP contribution in [0, 0.1) is 11.3 Å². The molecule has 3 aromatic rings. The van der Waals surface area contributed by atoms with Crippen molar-refractivity contribution in [1.29, 1.82) is 5.26 Å². The molecule has 0 saturated carbocycles. The molecule has 0 fully saturated rings. The molecule has 0 bridgehead atoms. The highest BCUT2D eigenvalue weighted by Gasteiger charge is 2.12. The summed E-state index contributed by atoms with van der Waals surface area (Å²) in [6.07, 6.45) is 1.95. The summed E-state index contributed by atoms with van der Waals surface area (Å²) < 4.78 is 3.88. The van der Waals surface area contributed by atoms with Gasteiger partial charge in [0.2, 0.25) is 0 Å². The molecule has 0 unspecified atom stereocenters.